The fourth-order valence-corrected chi connectivity index (χ4v) is 4.03. The molecule has 30 heavy (non-hydrogen) atoms. The van der Waals surface area contributed by atoms with Crippen molar-refractivity contribution in [3.8, 4) is 0 Å². The maximum absolute atomic E-state index is 12.9. The van der Waals surface area contributed by atoms with E-state index in [1.54, 1.807) is 24.5 Å². The van der Waals surface area contributed by atoms with Crippen molar-refractivity contribution in [1.29, 1.82) is 0 Å². The molecule has 7 heteroatoms. The quantitative estimate of drug-likeness (QED) is 0.517. The number of aliphatic carboxylic acids is 1. The van der Waals surface area contributed by atoms with E-state index in [0.29, 0.717) is 24.3 Å². The van der Waals surface area contributed by atoms with Gasteiger partial charge in [0.2, 0.25) is 11.7 Å². The van der Waals surface area contributed by atoms with Gasteiger partial charge in [0.25, 0.3) is 0 Å². The maximum Gasteiger partial charge on any atom is 0.345 e. The van der Waals surface area contributed by atoms with Crippen molar-refractivity contribution in [1.82, 2.24) is 14.9 Å². The third-order valence-corrected chi connectivity index (χ3v) is 5.52. The number of benzene rings is 1. The zero-order valence-electron chi connectivity index (χ0n) is 16.3. The number of carboxylic acids is 1. The third-order valence-electron chi connectivity index (χ3n) is 5.52. The Morgan fingerprint density at radius 2 is 2.17 bits per heavy atom. The van der Waals surface area contributed by atoms with Crippen molar-refractivity contribution >= 4 is 28.9 Å². The molecule has 0 fully saturated rings. The number of Topliss-reactive ketones (excluding diaryl/α,β-unsaturated/α-hetero) is 1. The number of hydrogen-bond acceptors (Lipinski definition) is 5. The van der Waals surface area contributed by atoms with E-state index < -0.39 is 11.8 Å². The van der Waals surface area contributed by atoms with Gasteiger partial charge < -0.3 is 19.7 Å². The average molecular weight is 401 g/mol. The SMILES string of the molecule is Cc1ccc2c(c1)CN(C1=C(C(=O)O)C(=O)/C(=C/c3c[nH]c4ncccc34)O1)CC2. The first-order valence-corrected chi connectivity index (χ1v) is 9.68. The Hall–Kier alpha value is -3.87. The number of aromatic nitrogens is 2. The van der Waals surface area contributed by atoms with Crippen LogP contribution in [0.2, 0.25) is 0 Å². The topological polar surface area (TPSA) is 95.5 Å². The lowest BCUT2D eigenvalue weighted by Crippen LogP contribution is -2.31. The molecule has 3 aromatic rings. The summed E-state index contributed by atoms with van der Waals surface area (Å²) in [6.07, 6.45) is 5.72. The summed E-state index contributed by atoms with van der Waals surface area (Å²) in [5, 5.41) is 10.5. The van der Waals surface area contributed by atoms with Crippen LogP contribution in [0, 0.1) is 6.92 Å². The fraction of sp³-hybridized carbons (Fsp3) is 0.174. The zero-order chi connectivity index (χ0) is 20.8. The summed E-state index contributed by atoms with van der Waals surface area (Å²) in [7, 11) is 0. The predicted molar refractivity (Wildman–Crippen MR) is 110 cm³/mol. The molecular formula is C23H19N3O4. The monoisotopic (exact) mass is 401 g/mol. The number of ether oxygens (including phenoxy) is 1. The van der Waals surface area contributed by atoms with Crippen LogP contribution < -0.4 is 0 Å². The smallest absolute Gasteiger partial charge is 0.345 e. The van der Waals surface area contributed by atoms with Gasteiger partial charge in [-0.25, -0.2) is 9.78 Å². The molecule has 0 radical (unpaired) electrons. The molecule has 5 rings (SSSR count). The number of allylic oxidation sites excluding steroid dienone is 1. The molecule has 0 amide bonds. The number of nitrogens with one attached hydrogen (secondary N) is 1. The second-order valence-electron chi connectivity index (χ2n) is 7.51. The fourth-order valence-electron chi connectivity index (χ4n) is 4.03. The highest BCUT2D eigenvalue weighted by molar-refractivity contribution is 6.26. The normalized spacial score (nSPS) is 17.6. The van der Waals surface area contributed by atoms with E-state index in [0.717, 1.165) is 22.9 Å². The number of carbonyl (C=O) groups excluding carboxylic acids is 1. The van der Waals surface area contributed by atoms with Crippen molar-refractivity contribution in [3.05, 3.63) is 82.2 Å². The second kappa shape index (κ2) is 6.88. The van der Waals surface area contributed by atoms with Crippen molar-refractivity contribution in [3.63, 3.8) is 0 Å². The molecule has 1 aromatic carbocycles. The molecule has 0 atom stereocenters. The standard InChI is InChI=1S/C23H19N3O4/c1-13-4-5-14-6-8-26(12-16(14)9-13)22-19(23(28)29)20(27)18(30-22)10-15-11-25-21-17(15)3-2-7-24-21/h2-5,7,9-11H,6,8,12H2,1H3,(H,24,25)(H,28,29)/b18-10-. The molecule has 2 aromatic heterocycles. The van der Waals surface area contributed by atoms with Gasteiger partial charge in [-0.15, -0.1) is 0 Å². The minimum Gasteiger partial charge on any atom is -0.477 e. The van der Waals surface area contributed by atoms with Gasteiger partial charge in [-0.05, 0) is 42.7 Å². The number of ketones is 1. The van der Waals surface area contributed by atoms with E-state index in [4.69, 9.17) is 4.74 Å². The van der Waals surface area contributed by atoms with Crippen LogP contribution in [0.1, 0.15) is 22.3 Å². The van der Waals surface area contributed by atoms with Crippen LogP contribution in [0.15, 0.2) is 59.9 Å². The highest BCUT2D eigenvalue weighted by Crippen LogP contribution is 2.33. The summed E-state index contributed by atoms with van der Waals surface area (Å²) < 4.78 is 5.86. The molecule has 0 spiro atoms. The number of carbonyl (C=O) groups is 2. The van der Waals surface area contributed by atoms with Gasteiger partial charge in [-0.3, -0.25) is 4.79 Å². The molecule has 0 saturated carbocycles. The van der Waals surface area contributed by atoms with Gasteiger partial charge >= 0.3 is 5.97 Å². The molecule has 2 N–H and O–H groups in total. The van der Waals surface area contributed by atoms with Crippen molar-refractivity contribution in [2.24, 2.45) is 0 Å². The van der Waals surface area contributed by atoms with Crippen LogP contribution in [0.4, 0.5) is 0 Å². The van der Waals surface area contributed by atoms with Crippen molar-refractivity contribution in [2.75, 3.05) is 6.54 Å². The second-order valence-corrected chi connectivity index (χ2v) is 7.51. The lowest BCUT2D eigenvalue weighted by Gasteiger charge is -2.30. The third kappa shape index (κ3) is 2.95. The van der Waals surface area contributed by atoms with E-state index in [1.807, 2.05) is 17.9 Å². The number of fused-ring (bicyclic) bond motifs is 2. The summed E-state index contributed by atoms with van der Waals surface area (Å²) >= 11 is 0. The number of aromatic amines is 1. The minimum atomic E-state index is -1.28. The molecule has 7 nitrogen and oxygen atoms in total. The van der Waals surface area contributed by atoms with Crippen molar-refractivity contribution < 1.29 is 19.4 Å². The van der Waals surface area contributed by atoms with E-state index in [1.165, 1.54) is 5.56 Å². The number of pyridine rings is 1. The van der Waals surface area contributed by atoms with Gasteiger partial charge in [0.1, 0.15) is 5.65 Å². The van der Waals surface area contributed by atoms with Gasteiger partial charge in [0.05, 0.1) is 0 Å². The maximum atomic E-state index is 12.9. The number of rotatable bonds is 3. The van der Waals surface area contributed by atoms with E-state index >= 15 is 0 Å². The van der Waals surface area contributed by atoms with Gasteiger partial charge in [0.15, 0.2) is 11.3 Å². The van der Waals surface area contributed by atoms with E-state index in [-0.39, 0.29) is 17.2 Å². The Balaban J connectivity index is 1.50. The Bertz CT molecular complexity index is 1270. The minimum absolute atomic E-state index is 0.00203. The summed E-state index contributed by atoms with van der Waals surface area (Å²) in [4.78, 5) is 33.9. The number of aryl methyl sites for hydroxylation is 1. The summed E-state index contributed by atoms with van der Waals surface area (Å²) in [6, 6.07) is 9.94. The van der Waals surface area contributed by atoms with Crippen LogP contribution in [-0.2, 0) is 27.3 Å². The molecule has 0 unspecified atom stereocenters. The highest BCUT2D eigenvalue weighted by Gasteiger charge is 2.39. The molecule has 2 aliphatic heterocycles. The highest BCUT2D eigenvalue weighted by atomic mass is 16.5. The van der Waals surface area contributed by atoms with Crippen LogP contribution >= 0.6 is 0 Å². The molecule has 2 aliphatic rings. The molecule has 0 bridgehead atoms. The van der Waals surface area contributed by atoms with Gasteiger partial charge in [-0.1, -0.05) is 23.8 Å². The van der Waals surface area contributed by atoms with Crippen LogP contribution in [0.5, 0.6) is 0 Å². The lowest BCUT2D eigenvalue weighted by molar-refractivity contribution is -0.134. The Morgan fingerprint density at radius 3 is 3.00 bits per heavy atom. The molecule has 0 aliphatic carbocycles. The van der Waals surface area contributed by atoms with Gasteiger partial charge in [0, 0.05) is 36.4 Å². The Kier molecular flexibility index (Phi) is 4.17. The number of nitrogens with zero attached hydrogens (tertiary/aromatic N) is 2. The number of carboxylic acid groups (broad SMARTS) is 1. The first-order chi connectivity index (χ1) is 14.5. The lowest BCUT2D eigenvalue weighted by atomic mass is 9.97. The first kappa shape index (κ1) is 18.2. The molecule has 4 heterocycles. The largest absolute Gasteiger partial charge is 0.477 e. The molecule has 150 valence electrons. The summed E-state index contributed by atoms with van der Waals surface area (Å²) in [5.74, 6) is -1.79. The number of hydrogen-bond donors (Lipinski definition) is 2. The molecule has 0 saturated heterocycles. The predicted octanol–water partition coefficient (Wildman–Crippen LogP) is 3.17. The average Bonchev–Trinajstić information content (AvgIpc) is 3.29. The Labute approximate surface area is 172 Å². The molecular weight excluding hydrogens is 382 g/mol. The zero-order valence-corrected chi connectivity index (χ0v) is 16.3. The van der Waals surface area contributed by atoms with E-state index in [9.17, 15) is 14.7 Å². The van der Waals surface area contributed by atoms with Crippen LogP contribution in [0.25, 0.3) is 17.1 Å². The van der Waals surface area contributed by atoms with Crippen LogP contribution in [0.3, 0.4) is 0 Å². The number of H-pyrrole nitrogens is 1. The summed E-state index contributed by atoms with van der Waals surface area (Å²) in [5.41, 5.74) is 4.57. The Morgan fingerprint density at radius 1 is 1.30 bits per heavy atom. The van der Waals surface area contributed by atoms with Crippen LogP contribution in [-0.4, -0.2) is 38.3 Å². The van der Waals surface area contributed by atoms with Gasteiger partial charge in [-0.2, -0.15) is 0 Å². The summed E-state index contributed by atoms with van der Waals surface area (Å²) in [6.45, 7) is 3.11. The first-order valence-electron chi connectivity index (χ1n) is 9.68. The van der Waals surface area contributed by atoms with Crippen molar-refractivity contribution in [2.45, 2.75) is 19.9 Å². The van der Waals surface area contributed by atoms with E-state index in [2.05, 4.69) is 28.2 Å².